The molecule has 5 heterocycles. The summed E-state index contributed by atoms with van der Waals surface area (Å²) in [5.74, 6) is 0.371. The minimum absolute atomic E-state index is 0.0922. The van der Waals surface area contributed by atoms with Crippen molar-refractivity contribution in [3.8, 4) is 0 Å². The number of nitrogens with one attached hydrogen (secondary N) is 2. The molecule has 5 saturated heterocycles. The number of carbonyl (C=O) groups excluding carboxylic acids is 2. The molecule has 0 aromatic carbocycles. The van der Waals surface area contributed by atoms with Gasteiger partial charge in [-0.15, -0.1) is 0 Å². The Morgan fingerprint density at radius 2 is 2.04 bits per heavy atom. The van der Waals surface area contributed by atoms with Gasteiger partial charge in [0.05, 0.1) is 23.8 Å². The standard InChI is InChI=1S/C19H28N4O4/c20-11-4-12-14-15(16(11)27-12)18(26)23(17(14)25)7-13(24)22-19-5-8-1-9(6-19)3-10(2-8)21-19/h8-12,14-16,18,21,26H,1-7,20H2,(H,22,24)/t8-,9+,10?,11?,12?,14?,15?,16?,18?,19?. The number of carbonyl (C=O) groups is 2. The summed E-state index contributed by atoms with van der Waals surface area (Å²) < 4.78 is 5.79. The highest BCUT2D eigenvalue weighted by molar-refractivity contribution is 5.89. The second-order valence-corrected chi connectivity index (χ2v) is 9.84. The molecule has 8 unspecified atom stereocenters. The zero-order valence-electron chi connectivity index (χ0n) is 15.3. The first-order valence-electron chi connectivity index (χ1n) is 10.4. The number of rotatable bonds is 3. The lowest BCUT2D eigenvalue weighted by Gasteiger charge is -2.57. The summed E-state index contributed by atoms with van der Waals surface area (Å²) in [7, 11) is 0. The Labute approximate surface area is 158 Å². The zero-order valence-corrected chi connectivity index (χ0v) is 15.3. The fraction of sp³-hybridized carbons (Fsp3) is 0.895. The number of likely N-dealkylation sites (tertiary alicyclic amines) is 1. The second kappa shape index (κ2) is 5.43. The molecule has 0 aromatic rings. The van der Waals surface area contributed by atoms with Gasteiger partial charge in [0.25, 0.3) is 0 Å². The molecule has 8 nitrogen and oxygen atoms in total. The Bertz CT molecular complexity index is 664. The van der Waals surface area contributed by atoms with Crippen molar-refractivity contribution in [3.63, 3.8) is 0 Å². The lowest BCUT2D eigenvalue weighted by molar-refractivity contribution is -0.145. The van der Waals surface area contributed by atoms with E-state index in [0.29, 0.717) is 24.3 Å². The summed E-state index contributed by atoms with van der Waals surface area (Å²) in [5, 5.41) is 17.6. The topological polar surface area (TPSA) is 117 Å². The molecule has 5 N–H and O–H groups in total. The minimum Gasteiger partial charge on any atom is -0.373 e. The largest absolute Gasteiger partial charge is 0.373 e. The number of hydrogen-bond donors (Lipinski definition) is 4. The van der Waals surface area contributed by atoms with Gasteiger partial charge >= 0.3 is 0 Å². The van der Waals surface area contributed by atoms with Crippen molar-refractivity contribution in [1.29, 1.82) is 0 Å². The van der Waals surface area contributed by atoms with Gasteiger partial charge in [-0.05, 0) is 50.4 Å². The minimum atomic E-state index is -0.987. The first-order chi connectivity index (χ1) is 12.9. The number of nitrogens with two attached hydrogens (primary N) is 1. The van der Waals surface area contributed by atoms with E-state index in [0.717, 1.165) is 12.8 Å². The van der Waals surface area contributed by atoms with E-state index in [1.54, 1.807) is 0 Å². The van der Waals surface area contributed by atoms with Crippen molar-refractivity contribution in [1.82, 2.24) is 15.5 Å². The van der Waals surface area contributed by atoms with Crippen molar-refractivity contribution in [3.05, 3.63) is 0 Å². The fourth-order valence-corrected chi connectivity index (χ4v) is 7.39. The third-order valence-corrected chi connectivity index (χ3v) is 8.03. The molecule has 0 radical (unpaired) electrons. The monoisotopic (exact) mass is 376 g/mol. The summed E-state index contributed by atoms with van der Waals surface area (Å²) in [6.45, 7) is -0.0922. The van der Waals surface area contributed by atoms with E-state index < -0.39 is 6.23 Å². The summed E-state index contributed by atoms with van der Waals surface area (Å²) >= 11 is 0. The lowest BCUT2D eigenvalue weighted by atomic mass is 9.62. The molecule has 5 aliphatic heterocycles. The molecule has 6 bridgehead atoms. The average Bonchev–Trinajstić information content (AvgIpc) is 3.20. The molecule has 2 amide bonds. The molecule has 7 aliphatic rings. The number of nitrogens with zero attached hydrogens (tertiary/aromatic N) is 1. The van der Waals surface area contributed by atoms with Crippen LogP contribution in [-0.4, -0.2) is 64.5 Å². The van der Waals surface area contributed by atoms with Crippen molar-refractivity contribution < 1.29 is 19.4 Å². The summed E-state index contributed by atoms with van der Waals surface area (Å²) in [6, 6.07) is 0.368. The number of hydrogen-bond acceptors (Lipinski definition) is 6. The molecule has 0 aromatic heterocycles. The maximum absolute atomic E-state index is 12.8. The highest BCUT2D eigenvalue weighted by Crippen LogP contribution is 2.50. The summed E-state index contributed by atoms with van der Waals surface area (Å²) in [4.78, 5) is 27.0. The van der Waals surface area contributed by atoms with Gasteiger partial charge in [-0.3, -0.25) is 14.9 Å². The van der Waals surface area contributed by atoms with Crippen LogP contribution in [0.25, 0.3) is 0 Å². The van der Waals surface area contributed by atoms with Crippen LogP contribution in [0.5, 0.6) is 0 Å². The number of amides is 2. The van der Waals surface area contributed by atoms with Crippen LogP contribution in [-0.2, 0) is 14.3 Å². The number of fused-ring (bicyclic) bond motifs is 5. The smallest absolute Gasteiger partial charge is 0.241 e. The van der Waals surface area contributed by atoms with Crippen LogP contribution in [0.4, 0.5) is 0 Å². The van der Waals surface area contributed by atoms with Gasteiger partial charge in [0, 0.05) is 18.0 Å². The SMILES string of the molecule is NC1CC2OC1C1C2C(=O)N(CC(=O)NC23C[C@@H]4CC(C[C@@H](C4)C2)N3)C1O. The molecule has 10 atom stereocenters. The van der Waals surface area contributed by atoms with E-state index in [9.17, 15) is 14.7 Å². The van der Waals surface area contributed by atoms with Crippen molar-refractivity contribution in [2.75, 3.05) is 6.54 Å². The first kappa shape index (κ1) is 16.7. The van der Waals surface area contributed by atoms with E-state index in [2.05, 4.69) is 10.6 Å². The molecule has 2 saturated carbocycles. The van der Waals surface area contributed by atoms with Gasteiger partial charge in [-0.2, -0.15) is 0 Å². The van der Waals surface area contributed by atoms with Gasteiger partial charge in [-0.25, -0.2) is 0 Å². The average molecular weight is 376 g/mol. The molecular formula is C19H28N4O4. The van der Waals surface area contributed by atoms with Crippen LogP contribution in [0.15, 0.2) is 0 Å². The Kier molecular flexibility index (Phi) is 3.36. The van der Waals surface area contributed by atoms with Gasteiger partial charge in [0.15, 0.2) is 0 Å². The van der Waals surface area contributed by atoms with Crippen LogP contribution in [0, 0.1) is 23.7 Å². The van der Waals surface area contributed by atoms with Crippen molar-refractivity contribution in [2.45, 2.75) is 74.7 Å². The number of aliphatic hydroxyl groups excluding tert-OH is 1. The van der Waals surface area contributed by atoms with Gasteiger partial charge in [-0.1, -0.05) is 0 Å². The highest BCUT2D eigenvalue weighted by atomic mass is 16.5. The van der Waals surface area contributed by atoms with Crippen LogP contribution >= 0.6 is 0 Å². The predicted octanol–water partition coefficient (Wildman–Crippen LogP) is -1.13. The lowest BCUT2D eigenvalue weighted by Crippen LogP contribution is -2.71. The maximum atomic E-state index is 12.8. The molecule has 0 spiro atoms. The van der Waals surface area contributed by atoms with E-state index in [4.69, 9.17) is 10.5 Å². The molecule has 8 heteroatoms. The van der Waals surface area contributed by atoms with E-state index in [1.165, 1.54) is 24.2 Å². The fourth-order valence-electron chi connectivity index (χ4n) is 7.39. The van der Waals surface area contributed by atoms with Crippen LogP contribution < -0.4 is 16.4 Å². The predicted molar refractivity (Wildman–Crippen MR) is 93.8 cm³/mol. The van der Waals surface area contributed by atoms with Gasteiger partial charge in [0.2, 0.25) is 11.8 Å². The molecule has 148 valence electrons. The Hall–Kier alpha value is -1.22. The Morgan fingerprint density at radius 1 is 1.30 bits per heavy atom. The van der Waals surface area contributed by atoms with Gasteiger partial charge < -0.3 is 25.8 Å². The number of ether oxygens (including phenoxy) is 1. The first-order valence-corrected chi connectivity index (χ1v) is 10.4. The second-order valence-electron chi connectivity index (χ2n) is 9.84. The van der Waals surface area contributed by atoms with Gasteiger partial charge in [0.1, 0.15) is 12.8 Å². The zero-order chi connectivity index (χ0) is 18.5. The van der Waals surface area contributed by atoms with Crippen molar-refractivity contribution >= 4 is 11.8 Å². The molecule has 2 aliphatic carbocycles. The van der Waals surface area contributed by atoms with Crippen LogP contribution in [0.2, 0.25) is 0 Å². The summed E-state index contributed by atoms with van der Waals surface area (Å²) in [6.07, 6.45) is 4.83. The maximum Gasteiger partial charge on any atom is 0.241 e. The molecule has 7 rings (SSSR count). The number of aliphatic hydroxyl groups is 1. The highest BCUT2D eigenvalue weighted by Gasteiger charge is 2.64. The Morgan fingerprint density at radius 3 is 2.74 bits per heavy atom. The van der Waals surface area contributed by atoms with E-state index in [-0.39, 0.29) is 54.1 Å². The molecule has 7 fully saturated rings. The third-order valence-electron chi connectivity index (χ3n) is 8.03. The van der Waals surface area contributed by atoms with Crippen LogP contribution in [0.3, 0.4) is 0 Å². The van der Waals surface area contributed by atoms with E-state index in [1.807, 2.05) is 0 Å². The third kappa shape index (κ3) is 2.30. The normalized spacial score (nSPS) is 54.7. The molecular weight excluding hydrogens is 348 g/mol. The van der Waals surface area contributed by atoms with Crippen molar-refractivity contribution in [2.24, 2.45) is 29.4 Å². The summed E-state index contributed by atoms with van der Waals surface area (Å²) in [5.41, 5.74) is 5.75. The van der Waals surface area contributed by atoms with E-state index >= 15 is 0 Å². The number of piperidine rings is 2. The van der Waals surface area contributed by atoms with Crippen LogP contribution in [0.1, 0.15) is 38.5 Å². The molecule has 27 heavy (non-hydrogen) atoms. The Balaban J connectivity index is 1.16. The quantitative estimate of drug-likeness (QED) is 0.495.